The number of anilines is 1. The Morgan fingerprint density at radius 2 is 2.00 bits per heavy atom. The Labute approximate surface area is 176 Å². The average Bonchev–Trinajstić information content (AvgIpc) is 2.71. The van der Waals surface area contributed by atoms with Crippen molar-refractivity contribution in [2.24, 2.45) is 5.73 Å². The van der Waals surface area contributed by atoms with Crippen LogP contribution in [0.4, 0.5) is 10.2 Å². The van der Waals surface area contributed by atoms with Crippen LogP contribution in [0.3, 0.4) is 0 Å². The van der Waals surface area contributed by atoms with Crippen molar-refractivity contribution in [3.8, 4) is 5.75 Å². The van der Waals surface area contributed by atoms with Crippen LogP contribution in [0.15, 0.2) is 54.2 Å². The summed E-state index contributed by atoms with van der Waals surface area (Å²) in [5.41, 5.74) is 6.74. The van der Waals surface area contributed by atoms with Gasteiger partial charge in [-0.25, -0.2) is 19.2 Å². The van der Waals surface area contributed by atoms with Crippen LogP contribution in [-0.2, 0) is 4.79 Å². The summed E-state index contributed by atoms with van der Waals surface area (Å²) in [5, 5.41) is 30.9. The summed E-state index contributed by atoms with van der Waals surface area (Å²) in [5.74, 6) is -1.13. The molecule has 0 aliphatic rings. The van der Waals surface area contributed by atoms with E-state index in [1.54, 1.807) is 19.1 Å². The van der Waals surface area contributed by atoms with E-state index < -0.39 is 24.5 Å². The molecule has 160 valence electrons. The minimum atomic E-state index is -1.27. The van der Waals surface area contributed by atoms with Crippen molar-refractivity contribution in [2.45, 2.75) is 13.0 Å². The minimum Gasteiger partial charge on any atom is -0.482 e. The summed E-state index contributed by atoms with van der Waals surface area (Å²) < 4.78 is 18.4. The summed E-state index contributed by atoms with van der Waals surface area (Å²) in [6.07, 6.45) is 0.129. The predicted octanol–water partition coefficient (Wildman–Crippen LogP) is 2.57. The number of carbonyl (C=O) groups is 1. The molecule has 0 saturated heterocycles. The van der Waals surface area contributed by atoms with Gasteiger partial charge in [-0.1, -0.05) is 12.1 Å². The quantitative estimate of drug-likeness (QED) is 0.286. The Balaban J connectivity index is 2.07. The molecule has 1 atom stereocenters. The Morgan fingerprint density at radius 1 is 1.29 bits per heavy atom. The fraction of sp³-hybridized carbons (Fsp3) is 0.143. The van der Waals surface area contributed by atoms with Crippen molar-refractivity contribution in [2.75, 3.05) is 11.9 Å². The predicted molar refractivity (Wildman–Crippen MR) is 112 cm³/mol. The highest BCUT2D eigenvalue weighted by Crippen LogP contribution is 2.28. The van der Waals surface area contributed by atoms with E-state index in [0.717, 1.165) is 0 Å². The summed E-state index contributed by atoms with van der Waals surface area (Å²) in [7, 11) is 0. The second-order valence-corrected chi connectivity index (χ2v) is 6.67. The van der Waals surface area contributed by atoms with Gasteiger partial charge in [-0.05, 0) is 42.8 Å². The third-order valence-corrected chi connectivity index (χ3v) is 4.10. The molecular weight excluding hydrogens is 405 g/mol. The van der Waals surface area contributed by atoms with Crippen LogP contribution in [-0.4, -0.2) is 38.6 Å². The van der Waals surface area contributed by atoms with Gasteiger partial charge in [-0.2, -0.15) is 0 Å². The summed E-state index contributed by atoms with van der Waals surface area (Å²) >= 11 is 0. The van der Waals surface area contributed by atoms with Crippen molar-refractivity contribution in [1.82, 2.24) is 9.97 Å². The van der Waals surface area contributed by atoms with Crippen LogP contribution in [0, 0.1) is 11.2 Å². The molecule has 0 spiro atoms. The van der Waals surface area contributed by atoms with E-state index in [4.69, 9.17) is 21.0 Å². The number of hydrogen-bond donors (Lipinski definition) is 5. The third-order valence-electron chi connectivity index (χ3n) is 4.10. The first-order chi connectivity index (χ1) is 14.7. The fourth-order valence-electron chi connectivity index (χ4n) is 2.77. The maximum Gasteiger partial charge on any atom is 0.341 e. The number of nitrogens with zero attached hydrogens (tertiary/aromatic N) is 2. The van der Waals surface area contributed by atoms with Crippen LogP contribution in [0.25, 0.3) is 10.9 Å². The summed E-state index contributed by atoms with van der Waals surface area (Å²) in [6, 6.07) is 9.89. The van der Waals surface area contributed by atoms with E-state index in [-0.39, 0.29) is 23.2 Å². The van der Waals surface area contributed by atoms with E-state index in [1.165, 1.54) is 36.4 Å². The molecule has 0 aliphatic carbocycles. The number of ether oxygens (including phenoxy) is 1. The molecule has 3 aromatic rings. The van der Waals surface area contributed by atoms with E-state index >= 15 is 0 Å². The molecule has 0 saturated carbocycles. The van der Waals surface area contributed by atoms with Crippen molar-refractivity contribution in [3.63, 3.8) is 0 Å². The number of nitrogens with two attached hydrogens (primary N) is 1. The number of carboxylic acid groups (broad SMARTS) is 1. The highest BCUT2D eigenvalue weighted by molar-refractivity contribution is 6.06. The van der Waals surface area contributed by atoms with Gasteiger partial charge in [0.25, 0.3) is 0 Å². The lowest BCUT2D eigenvalue weighted by Gasteiger charge is -2.15. The number of rotatable bonds is 7. The topological polar surface area (TPSA) is 154 Å². The van der Waals surface area contributed by atoms with Gasteiger partial charge >= 0.3 is 5.97 Å². The standard InChI is InChI=1S/C21H20FN5O4/c1-11(23)8-17(24)26-20-15-7-6-14(31-10-18(28)29)9-16(15)25-21(27-20)19(30)12-2-4-13(22)5-3-12/h2-9,19,30H,10,23H2,1H3,(H,28,29)(H2,24,25,26,27)/b11-8-. The van der Waals surface area contributed by atoms with Gasteiger partial charge in [0, 0.05) is 17.1 Å². The maximum atomic E-state index is 13.2. The first kappa shape index (κ1) is 21.7. The van der Waals surface area contributed by atoms with Crippen molar-refractivity contribution >= 4 is 28.5 Å². The largest absolute Gasteiger partial charge is 0.482 e. The second kappa shape index (κ2) is 9.18. The molecule has 0 aliphatic heterocycles. The normalized spacial score (nSPS) is 12.4. The molecule has 10 heteroatoms. The molecule has 0 amide bonds. The van der Waals surface area contributed by atoms with E-state index in [1.807, 2.05) is 0 Å². The number of allylic oxidation sites excluding steroid dienone is 1. The van der Waals surface area contributed by atoms with Gasteiger partial charge in [0.15, 0.2) is 12.4 Å². The maximum absolute atomic E-state index is 13.2. The molecule has 3 rings (SSSR count). The van der Waals surface area contributed by atoms with Crippen LogP contribution in [0.1, 0.15) is 24.4 Å². The molecule has 1 aromatic heterocycles. The molecule has 2 aromatic carbocycles. The number of aliphatic hydroxyl groups is 1. The fourth-order valence-corrected chi connectivity index (χ4v) is 2.77. The zero-order chi connectivity index (χ0) is 22.5. The van der Waals surface area contributed by atoms with E-state index in [2.05, 4.69) is 15.3 Å². The highest BCUT2D eigenvalue weighted by Gasteiger charge is 2.18. The number of aromatic nitrogens is 2. The minimum absolute atomic E-state index is 0.00163. The molecule has 1 heterocycles. The summed E-state index contributed by atoms with van der Waals surface area (Å²) in [6.45, 7) is 1.10. The van der Waals surface area contributed by atoms with Crippen LogP contribution in [0.5, 0.6) is 5.75 Å². The molecule has 31 heavy (non-hydrogen) atoms. The van der Waals surface area contributed by atoms with Crippen LogP contribution in [0.2, 0.25) is 0 Å². The number of halogens is 1. The van der Waals surface area contributed by atoms with Crippen LogP contribution < -0.4 is 15.8 Å². The van der Waals surface area contributed by atoms with E-state index in [0.29, 0.717) is 22.2 Å². The number of benzene rings is 2. The summed E-state index contributed by atoms with van der Waals surface area (Å²) in [4.78, 5) is 19.5. The van der Waals surface area contributed by atoms with Gasteiger partial charge in [-0.15, -0.1) is 0 Å². The van der Waals surface area contributed by atoms with Gasteiger partial charge in [0.05, 0.1) is 5.52 Å². The number of nitrogens with one attached hydrogen (secondary N) is 2. The molecule has 0 bridgehead atoms. The lowest BCUT2D eigenvalue weighted by atomic mass is 10.1. The molecule has 6 N–H and O–H groups in total. The number of aliphatic hydroxyl groups excluding tert-OH is 1. The van der Waals surface area contributed by atoms with E-state index in [9.17, 15) is 14.3 Å². The molecule has 0 fully saturated rings. The SMILES string of the molecule is C/C(N)=C/C(=N)Nc1nc(C(O)c2ccc(F)cc2)nc2cc(OCC(=O)O)ccc12. The molecule has 9 nitrogen and oxygen atoms in total. The lowest BCUT2D eigenvalue weighted by Crippen LogP contribution is -2.14. The molecular formula is C21H20FN5O4. The van der Waals surface area contributed by atoms with Gasteiger partial charge in [-0.3, -0.25) is 5.41 Å². The number of aliphatic carboxylic acids is 1. The zero-order valence-electron chi connectivity index (χ0n) is 16.5. The van der Waals surface area contributed by atoms with Crippen molar-refractivity contribution in [1.29, 1.82) is 5.41 Å². The number of amidine groups is 1. The lowest BCUT2D eigenvalue weighted by molar-refractivity contribution is -0.139. The third kappa shape index (κ3) is 5.52. The Hall–Kier alpha value is -4.05. The second-order valence-electron chi connectivity index (χ2n) is 6.67. The highest BCUT2D eigenvalue weighted by atomic mass is 19.1. The number of hydrogen-bond acceptors (Lipinski definition) is 7. The first-order valence-electron chi connectivity index (χ1n) is 9.12. The average molecular weight is 425 g/mol. The molecule has 0 radical (unpaired) electrons. The van der Waals surface area contributed by atoms with Crippen LogP contribution >= 0.6 is 0 Å². The smallest absolute Gasteiger partial charge is 0.341 e. The van der Waals surface area contributed by atoms with Gasteiger partial charge < -0.3 is 26.0 Å². The molecule has 1 unspecified atom stereocenters. The Bertz CT molecular complexity index is 1160. The first-order valence-corrected chi connectivity index (χ1v) is 9.12. The van der Waals surface area contributed by atoms with Gasteiger partial charge in [0.2, 0.25) is 0 Å². The van der Waals surface area contributed by atoms with Crippen molar-refractivity contribution < 1.29 is 24.1 Å². The number of carboxylic acids is 1. The van der Waals surface area contributed by atoms with Crippen molar-refractivity contribution in [3.05, 3.63) is 71.4 Å². The Morgan fingerprint density at radius 3 is 2.65 bits per heavy atom. The monoisotopic (exact) mass is 425 g/mol. The zero-order valence-corrected chi connectivity index (χ0v) is 16.5. The Kier molecular flexibility index (Phi) is 6.41. The van der Waals surface area contributed by atoms with Gasteiger partial charge in [0.1, 0.15) is 29.3 Å². The number of fused-ring (bicyclic) bond motifs is 1.